The average molecular weight is 361 g/mol. The van der Waals surface area contributed by atoms with Crippen LogP contribution in [0.3, 0.4) is 0 Å². The summed E-state index contributed by atoms with van der Waals surface area (Å²) in [5.74, 6) is 0.726. The van der Waals surface area contributed by atoms with Crippen LogP contribution in [0.25, 0.3) is 5.69 Å². The third kappa shape index (κ3) is 3.54. The van der Waals surface area contributed by atoms with Gasteiger partial charge in [-0.2, -0.15) is 4.68 Å². The van der Waals surface area contributed by atoms with Crippen LogP contribution in [0.15, 0.2) is 22.7 Å². The number of hydrogen-bond donors (Lipinski definition) is 1. The highest BCUT2D eigenvalue weighted by Gasteiger charge is 2.16. The predicted molar refractivity (Wildman–Crippen MR) is 80.2 cm³/mol. The minimum atomic E-state index is 0.00253. The fourth-order valence-corrected chi connectivity index (χ4v) is 2.61. The van der Waals surface area contributed by atoms with Gasteiger partial charge >= 0.3 is 0 Å². The molecule has 20 heavy (non-hydrogen) atoms. The lowest BCUT2D eigenvalue weighted by atomic mass is 10.3. The minimum Gasteiger partial charge on any atom is -0.383 e. The first-order valence-corrected chi connectivity index (χ1v) is 7.26. The number of halogens is 2. The fourth-order valence-electron chi connectivity index (χ4n) is 1.76. The number of benzene rings is 1. The Morgan fingerprint density at radius 2 is 2.30 bits per heavy atom. The Morgan fingerprint density at radius 1 is 1.50 bits per heavy atom. The van der Waals surface area contributed by atoms with Crippen LogP contribution in [0.2, 0.25) is 5.02 Å². The second-order valence-electron chi connectivity index (χ2n) is 4.21. The lowest BCUT2D eigenvalue weighted by Crippen LogP contribution is -2.25. The summed E-state index contributed by atoms with van der Waals surface area (Å²) in [6.07, 6.45) is 0. The van der Waals surface area contributed by atoms with Gasteiger partial charge in [-0.05, 0) is 51.5 Å². The molecule has 0 fully saturated rings. The number of methoxy groups -OCH3 is 1. The highest BCUT2D eigenvalue weighted by Crippen LogP contribution is 2.25. The largest absolute Gasteiger partial charge is 0.383 e. The molecule has 1 aromatic heterocycles. The third-order valence-corrected chi connectivity index (χ3v) is 3.65. The Labute approximate surface area is 130 Å². The molecule has 2 aromatic rings. The first-order chi connectivity index (χ1) is 9.63. The van der Waals surface area contributed by atoms with Gasteiger partial charge in [-0.15, -0.1) is 5.10 Å². The molecule has 0 saturated heterocycles. The van der Waals surface area contributed by atoms with Crippen molar-refractivity contribution in [3.63, 3.8) is 0 Å². The fraction of sp³-hybridized carbons (Fsp3) is 0.417. The highest BCUT2D eigenvalue weighted by molar-refractivity contribution is 9.10. The Hall–Kier alpha value is -1.02. The van der Waals surface area contributed by atoms with E-state index >= 15 is 0 Å². The molecule has 1 atom stereocenters. The van der Waals surface area contributed by atoms with E-state index in [-0.39, 0.29) is 6.04 Å². The molecule has 8 heteroatoms. The van der Waals surface area contributed by atoms with Gasteiger partial charge in [0.05, 0.1) is 18.3 Å². The van der Waals surface area contributed by atoms with Crippen LogP contribution in [-0.2, 0) is 4.74 Å². The van der Waals surface area contributed by atoms with E-state index in [1.54, 1.807) is 17.9 Å². The summed E-state index contributed by atoms with van der Waals surface area (Å²) in [5.41, 5.74) is 0.842. The quantitative estimate of drug-likeness (QED) is 0.801. The zero-order chi connectivity index (χ0) is 14.5. The monoisotopic (exact) mass is 359 g/mol. The highest BCUT2D eigenvalue weighted by atomic mass is 79.9. The SMILES string of the molecule is COCCNC(C)c1nnnn1-c1ccc(Cl)cc1Br. The average Bonchev–Trinajstić information content (AvgIpc) is 2.88. The molecule has 0 aliphatic carbocycles. The number of ether oxygens (including phenoxy) is 1. The number of tetrazole rings is 1. The number of rotatable bonds is 6. The summed E-state index contributed by atoms with van der Waals surface area (Å²) < 4.78 is 7.53. The number of aromatic nitrogens is 4. The molecule has 6 nitrogen and oxygen atoms in total. The Bertz CT molecular complexity index is 577. The van der Waals surface area contributed by atoms with Gasteiger partial charge in [0.1, 0.15) is 0 Å². The van der Waals surface area contributed by atoms with Crippen LogP contribution >= 0.6 is 27.5 Å². The normalized spacial score (nSPS) is 12.6. The van der Waals surface area contributed by atoms with E-state index in [1.807, 2.05) is 19.1 Å². The lowest BCUT2D eigenvalue weighted by Gasteiger charge is -2.14. The van der Waals surface area contributed by atoms with Crippen molar-refractivity contribution in [3.8, 4) is 5.69 Å². The van der Waals surface area contributed by atoms with Gasteiger partial charge in [0.2, 0.25) is 0 Å². The van der Waals surface area contributed by atoms with Crippen molar-refractivity contribution in [1.29, 1.82) is 0 Å². The first-order valence-electron chi connectivity index (χ1n) is 6.09. The third-order valence-electron chi connectivity index (χ3n) is 2.78. The van der Waals surface area contributed by atoms with Gasteiger partial charge in [0.15, 0.2) is 5.82 Å². The molecule has 0 bridgehead atoms. The number of nitrogens with one attached hydrogen (secondary N) is 1. The van der Waals surface area contributed by atoms with Crippen LogP contribution in [0.1, 0.15) is 18.8 Å². The van der Waals surface area contributed by atoms with E-state index in [2.05, 4.69) is 36.8 Å². The maximum absolute atomic E-state index is 5.95. The van der Waals surface area contributed by atoms with E-state index in [0.29, 0.717) is 11.6 Å². The molecule has 1 heterocycles. The molecule has 0 aliphatic heterocycles. The van der Waals surface area contributed by atoms with E-state index in [0.717, 1.165) is 22.5 Å². The molecule has 1 aromatic carbocycles. The molecule has 1 N–H and O–H groups in total. The molecule has 0 aliphatic rings. The van der Waals surface area contributed by atoms with Crippen LogP contribution in [0.4, 0.5) is 0 Å². The zero-order valence-corrected chi connectivity index (χ0v) is 13.5. The van der Waals surface area contributed by atoms with Gasteiger partial charge in [0, 0.05) is 23.1 Å². The molecular formula is C12H15BrClN5O. The van der Waals surface area contributed by atoms with Crippen LogP contribution < -0.4 is 5.32 Å². The summed E-state index contributed by atoms with van der Waals surface area (Å²) in [6.45, 7) is 3.37. The summed E-state index contributed by atoms with van der Waals surface area (Å²) in [6, 6.07) is 5.48. The maximum atomic E-state index is 5.95. The molecule has 0 radical (unpaired) electrons. The molecule has 108 valence electrons. The van der Waals surface area contributed by atoms with E-state index in [1.165, 1.54) is 0 Å². The molecule has 0 spiro atoms. The Balaban J connectivity index is 2.23. The van der Waals surface area contributed by atoms with Crippen molar-refractivity contribution >= 4 is 27.5 Å². The Kier molecular flexibility index (Phi) is 5.47. The van der Waals surface area contributed by atoms with Crippen molar-refractivity contribution in [2.24, 2.45) is 0 Å². The van der Waals surface area contributed by atoms with E-state index < -0.39 is 0 Å². The van der Waals surface area contributed by atoms with Gasteiger partial charge in [-0.1, -0.05) is 11.6 Å². The van der Waals surface area contributed by atoms with Crippen LogP contribution in [0.5, 0.6) is 0 Å². The van der Waals surface area contributed by atoms with Crippen LogP contribution in [-0.4, -0.2) is 40.5 Å². The van der Waals surface area contributed by atoms with Gasteiger partial charge < -0.3 is 10.1 Å². The first kappa shape index (κ1) is 15.4. The molecular weight excluding hydrogens is 346 g/mol. The Morgan fingerprint density at radius 3 is 3.00 bits per heavy atom. The van der Waals surface area contributed by atoms with Crippen molar-refractivity contribution in [2.45, 2.75) is 13.0 Å². The summed E-state index contributed by atoms with van der Waals surface area (Å²) in [7, 11) is 1.67. The van der Waals surface area contributed by atoms with Crippen molar-refractivity contribution in [1.82, 2.24) is 25.5 Å². The second-order valence-corrected chi connectivity index (χ2v) is 5.50. The molecule has 0 amide bonds. The van der Waals surface area contributed by atoms with Gasteiger partial charge in [-0.3, -0.25) is 0 Å². The number of hydrogen-bond acceptors (Lipinski definition) is 5. The maximum Gasteiger partial charge on any atom is 0.173 e. The smallest absolute Gasteiger partial charge is 0.173 e. The summed E-state index contributed by atoms with van der Waals surface area (Å²) >= 11 is 9.42. The number of nitrogens with zero attached hydrogens (tertiary/aromatic N) is 4. The van der Waals surface area contributed by atoms with Crippen molar-refractivity contribution in [3.05, 3.63) is 33.5 Å². The standard InChI is InChI=1S/C12H15BrClN5O/c1-8(15-5-6-20-2)12-16-17-18-19(12)11-4-3-9(14)7-10(11)13/h3-4,7-8,15H,5-6H2,1-2H3. The topological polar surface area (TPSA) is 64.9 Å². The molecule has 1 unspecified atom stereocenters. The zero-order valence-electron chi connectivity index (χ0n) is 11.2. The lowest BCUT2D eigenvalue weighted by molar-refractivity contribution is 0.196. The summed E-state index contributed by atoms with van der Waals surface area (Å²) in [5, 5.41) is 15.8. The van der Waals surface area contributed by atoms with Crippen molar-refractivity contribution < 1.29 is 4.74 Å². The second kappa shape index (κ2) is 7.12. The summed E-state index contributed by atoms with van der Waals surface area (Å²) in [4.78, 5) is 0. The van der Waals surface area contributed by atoms with E-state index in [9.17, 15) is 0 Å². The molecule has 2 rings (SSSR count). The molecule has 0 saturated carbocycles. The minimum absolute atomic E-state index is 0.00253. The van der Waals surface area contributed by atoms with Crippen molar-refractivity contribution in [2.75, 3.05) is 20.3 Å². The van der Waals surface area contributed by atoms with Crippen LogP contribution in [0, 0.1) is 0 Å². The van der Waals surface area contributed by atoms with E-state index in [4.69, 9.17) is 16.3 Å². The van der Waals surface area contributed by atoms with Gasteiger partial charge in [0.25, 0.3) is 0 Å². The van der Waals surface area contributed by atoms with Gasteiger partial charge in [-0.25, -0.2) is 0 Å². The predicted octanol–water partition coefficient (Wildman–Crippen LogP) is 2.38.